The molecule has 1 nitrogen and oxygen atoms in total. The minimum atomic E-state index is -0.247. The molecule has 0 unspecified atom stereocenters. The molecule has 17 heavy (non-hydrogen) atoms. The number of rotatable bonds is 2. The Morgan fingerprint density at radius 1 is 1.12 bits per heavy atom. The molecule has 0 radical (unpaired) electrons. The quantitative estimate of drug-likeness (QED) is 0.809. The van der Waals surface area contributed by atoms with E-state index in [1.807, 2.05) is 18.2 Å². The SMILES string of the molecule is N#Cc1ccc(Sc2cccc(F)c2)cc1Br. The molecule has 4 heteroatoms. The summed E-state index contributed by atoms with van der Waals surface area (Å²) in [5.41, 5.74) is 0.591. The summed E-state index contributed by atoms with van der Waals surface area (Å²) in [6, 6.07) is 13.9. The van der Waals surface area contributed by atoms with Crippen LogP contribution in [-0.4, -0.2) is 0 Å². The molecule has 2 rings (SSSR count). The molecule has 84 valence electrons. The second-order valence-corrected chi connectivity index (χ2v) is 5.31. The average molecular weight is 308 g/mol. The van der Waals surface area contributed by atoms with Gasteiger partial charge in [0.15, 0.2) is 0 Å². The standard InChI is InChI=1S/C13H7BrFNS/c14-13-7-12(5-4-9(13)8-16)17-11-3-1-2-10(15)6-11/h1-7H. The van der Waals surface area contributed by atoms with E-state index < -0.39 is 0 Å². The molecule has 0 aromatic heterocycles. The van der Waals surface area contributed by atoms with Crippen LogP contribution in [0.15, 0.2) is 56.7 Å². The van der Waals surface area contributed by atoms with E-state index in [4.69, 9.17) is 5.26 Å². The lowest BCUT2D eigenvalue weighted by Gasteiger charge is -2.03. The Hall–Kier alpha value is -1.31. The minimum Gasteiger partial charge on any atom is -0.207 e. The smallest absolute Gasteiger partial charge is 0.124 e. The number of hydrogen-bond donors (Lipinski definition) is 0. The van der Waals surface area contributed by atoms with Crippen LogP contribution in [0.3, 0.4) is 0 Å². The first kappa shape index (κ1) is 12.2. The number of nitrogens with zero attached hydrogens (tertiary/aromatic N) is 1. The van der Waals surface area contributed by atoms with Crippen LogP contribution in [0, 0.1) is 17.1 Å². The predicted octanol–water partition coefficient (Wildman–Crippen LogP) is 4.61. The third-order valence-corrected chi connectivity index (χ3v) is 3.73. The molecule has 0 heterocycles. The van der Waals surface area contributed by atoms with Gasteiger partial charge in [0.05, 0.1) is 5.56 Å². The second kappa shape index (κ2) is 5.35. The van der Waals surface area contributed by atoms with Gasteiger partial charge in [-0.1, -0.05) is 17.8 Å². The van der Waals surface area contributed by atoms with Crippen molar-refractivity contribution in [2.24, 2.45) is 0 Å². The molecule has 0 aliphatic carbocycles. The van der Waals surface area contributed by atoms with Crippen molar-refractivity contribution >= 4 is 27.7 Å². The van der Waals surface area contributed by atoms with E-state index in [9.17, 15) is 4.39 Å². The van der Waals surface area contributed by atoms with Crippen molar-refractivity contribution in [2.45, 2.75) is 9.79 Å². The van der Waals surface area contributed by atoms with Crippen molar-refractivity contribution in [3.8, 4) is 6.07 Å². The van der Waals surface area contributed by atoms with Crippen LogP contribution in [0.5, 0.6) is 0 Å². The van der Waals surface area contributed by atoms with Crippen molar-refractivity contribution in [1.82, 2.24) is 0 Å². The van der Waals surface area contributed by atoms with Crippen LogP contribution in [0.25, 0.3) is 0 Å². The molecular formula is C13H7BrFNS. The van der Waals surface area contributed by atoms with E-state index in [2.05, 4.69) is 22.0 Å². The third-order valence-electron chi connectivity index (χ3n) is 2.09. The molecule has 0 amide bonds. The monoisotopic (exact) mass is 307 g/mol. The average Bonchev–Trinajstić information content (AvgIpc) is 2.29. The molecular weight excluding hydrogens is 301 g/mol. The first-order valence-corrected chi connectivity index (χ1v) is 6.43. The Morgan fingerprint density at radius 3 is 2.53 bits per heavy atom. The molecule has 0 fully saturated rings. The van der Waals surface area contributed by atoms with Gasteiger partial charge < -0.3 is 0 Å². The highest BCUT2D eigenvalue weighted by atomic mass is 79.9. The molecule has 0 N–H and O–H groups in total. The van der Waals surface area contributed by atoms with Gasteiger partial charge in [0.1, 0.15) is 11.9 Å². The van der Waals surface area contributed by atoms with Gasteiger partial charge in [0, 0.05) is 14.3 Å². The summed E-state index contributed by atoms with van der Waals surface area (Å²) >= 11 is 4.78. The number of halogens is 2. The lowest BCUT2D eigenvalue weighted by molar-refractivity contribution is 0.624. The van der Waals surface area contributed by atoms with E-state index in [0.717, 1.165) is 14.3 Å². The zero-order valence-electron chi connectivity index (χ0n) is 8.65. The van der Waals surface area contributed by atoms with Crippen molar-refractivity contribution in [1.29, 1.82) is 5.26 Å². The van der Waals surface area contributed by atoms with Crippen molar-refractivity contribution < 1.29 is 4.39 Å². The third kappa shape index (κ3) is 3.09. The summed E-state index contributed by atoms with van der Waals surface area (Å²) in [7, 11) is 0. The molecule has 0 saturated carbocycles. The maximum absolute atomic E-state index is 13.0. The summed E-state index contributed by atoms with van der Waals surface area (Å²) in [5, 5.41) is 8.80. The van der Waals surface area contributed by atoms with E-state index in [1.165, 1.54) is 23.9 Å². The van der Waals surface area contributed by atoms with Gasteiger partial charge in [0.2, 0.25) is 0 Å². The Balaban J connectivity index is 2.25. The van der Waals surface area contributed by atoms with Crippen LogP contribution in [-0.2, 0) is 0 Å². The van der Waals surface area contributed by atoms with Gasteiger partial charge >= 0.3 is 0 Å². The van der Waals surface area contributed by atoms with Crippen LogP contribution < -0.4 is 0 Å². The summed E-state index contributed by atoms with van der Waals surface area (Å²) in [4.78, 5) is 1.79. The van der Waals surface area contributed by atoms with Gasteiger partial charge in [-0.25, -0.2) is 4.39 Å². The Morgan fingerprint density at radius 2 is 1.88 bits per heavy atom. The molecule has 0 aliphatic rings. The van der Waals surface area contributed by atoms with Gasteiger partial charge in [-0.05, 0) is 52.3 Å². The number of hydrogen-bond acceptors (Lipinski definition) is 2. The van der Waals surface area contributed by atoms with Gasteiger partial charge in [-0.2, -0.15) is 5.26 Å². The van der Waals surface area contributed by atoms with E-state index in [0.29, 0.717) is 5.56 Å². The highest BCUT2D eigenvalue weighted by molar-refractivity contribution is 9.10. The summed E-state index contributed by atoms with van der Waals surface area (Å²) < 4.78 is 13.8. The summed E-state index contributed by atoms with van der Waals surface area (Å²) in [6.45, 7) is 0. The molecule has 2 aromatic carbocycles. The van der Waals surface area contributed by atoms with Gasteiger partial charge in [-0.15, -0.1) is 0 Å². The Labute approximate surface area is 111 Å². The molecule has 0 aliphatic heterocycles. The van der Waals surface area contributed by atoms with E-state index in [1.54, 1.807) is 12.1 Å². The Bertz CT molecular complexity index is 592. The van der Waals surface area contributed by atoms with Crippen LogP contribution in [0.1, 0.15) is 5.56 Å². The highest BCUT2D eigenvalue weighted by Crippen LogP contribution is 2.31. The summed E-state index contributed by atoms with van der Waals surface area (Å²) in [5.74, 6) is -0.247. The van der Waals surface area contributed by atoms with Crippen molar-refractivity contribution in [3.63, 3.8) is 0 Å². The first-order valence-electron chi connectivity index (χ1n) is 4.82. The van der Waals surface area contributed by atoms with E-state index in [-0.39, 0.29) is 5.82 Å². The lowest BCUT2D eigenvalue weighted by atomic mass is 10.2. The van der Waals surface area contributed by atoms with Crippen molar-refractivity contribution in [2.75, 3.05) is 0 Å². The molecule has 2 aromatic rings. The zero-order chi connectivity index (χ0) is 12.3. The summed E-state index contributed by atoms with van der Waals surface area (Å²) in [6.07, 6.45) is 0. The zero-order valence-corrected chi connectivity index (χ0v) is 11.1. The first-order chi connectivity index (χ1) is 8.19. The largest absolute Gasteiger partial charge is 0.207 e. The van der Waals surface area contributed by atoms with Gasteiger partial charge in [0.25, 0.3) is 0 Å². The lowest BCUT2D eigenvalue weighted by Crippen LogP contribution is -1.80. The fraction of sp³-hybridized carbons (Fsp3) is 0. The number of nitriles is 1. The molecule has 0 atom stereocenters. The Kier molecular flexibility index (Phi) is 3.82. The fourth-order valence-electron chi connectivity index (χ4n) is 1.32. The van der Waals surface area contributed by atoms with Crippen LogP contribution in [0.4, 0.5) is 4.39 Å². The number of benzene rings is 2. The van der Waals surface area contributed by atoms with E-state index >= 15 is 0 Å². The van der Waals surface area contributed by atoms with Crippen LogP contribution in [0.2, 0.25) is 0 Å². The minimum absolute atomic E-state index is 0.247. The topological polar surface area (TPSA) is 23.8 Å². The van der Waals surface area contributed by atoms with Crippen molar-refractivity contribution in [3.05, 3.63) is 58.3 Å². The fourth-order valence-corrected chi connectivity index (χ4v) is 2.84. The predicted molar refractivity (Wildman–Crippen MR) is 69.4 cm³/mol. The molecule has 0 bridgehead atoms. The van der Waals surface area contributed by atoms with Gasteiger partial charge in [-0.3, -0.25) is 0 Å². The highest BCUT2D eigenvalue weighted by Gasteiger charge is 2.03. The normalized spacial score (nSPS) is 9.94. The van der Waals surface area contributed by atoms with Crippen LogP contribution >= 0.6 is 27.7 Å². The maximum atomic E-state index is 13.0. The second-order valence-electron chi connectivity index (χ2n) is 3.31. The maximum Gasteiger partial charge on any atom is 0.124 e. The molecule has 0 spiro atoms. The molecule has 0 saturated heterocycles.